The summed E-state index contributed by atoms with van der Waals surface area (Å²) >= 11 is 0. The Morgan fingerprint density at radius 3 is 2.70 bits per heavy atom. The van der Waals surface area contributed by atoms with Crippen molar-refractivity contribution in [3.63, 3.8) is 0 Å². The number of aliphatic hydroxyl groups is 1. The number of aryl methyl sites for hydroxylation is 1. The zero-order valence-corrected chi connectivity index (χ0v) is 16.8. The number of hydrogen-bond acceptors (Lipinski definition) is 5. The van der Waals surface area contributed by atoms with Gasteiger partial charge in [0.1, 0.15) is 0 Å². The van der Waals surface area contributed by atoms with Gasteiger partial charge in [-0.05, 0) is 94.6 Å². The van der Waals surface area contributed by atoms with Crippen LogP contribution in [0.5, 0.6) is 11.5 Å². The Morgan fingerprint density at radius 1 is 1.26 bits per heavy atom. The average Bonchev–Trinajstić information content (AvgIpc) is 3.51. The molecule has 1 saturated carbocycles. The van der Waals surface area contributed by atoms with Gasteiger partial charge >= 0.3 is 0 Å². The zero-order valence-electron chi connectivity index (χ0n) is 16.8. The molecule has 0 aromatic heterocycles. The molecule has 0 saturated heterocycles. The highest BCUT2D eigenvalue weighted by atomic mass is 16.5. The zero-order chi connectivity index (χ0) is 19.7. The maximum absolute atomic E-state index is 11.2. The Balaban J connectivity index is 0.00000126. The first-order valence-corrected chi connectivity index (χ1v) is 10.1. The number of ether oxygens (including phenoxy) is 1. The summed E-state index contributed by atoms with van der Waals surface area (Å²) in [6.45, 7) is 2.12. The van der Waals surface area contributed by atoms with Crippen LogP contribution in [0.1, 0.15) is 44.1 Å². The van der Waals surface area contributed by atoms with Crippen molar-refractivity contribution in [3.8, 4) is 11.5 Å². The fraction of sp³-hybridized carbons (Fsp3) is 0.636. The first-order chi connectivity index (χ1) is 13.1. The van der Waals surface area contributed by atoms with Gasteiger partial charge in [-0.1, -0.05) is 18.2 Å². The third-order valence-electron chi connectivity index (χ3n) is 5.65. The maximum atomic E-state index is 11.2. The summed E-state index contributed by atoms with van der Waals surface area (Å²) in [5, 5.41) is 24.7. The molecule has 5 N–H and O–H groups in total. The molecular formula is C22H36N2O3. The van der Waals surface area contributed by atoms with Gasteiger partial charge in [-0.25, -0.2) is 0 Å². The van der Waals surface area contributed by atoms with Gasteiger partial charge in [0.15, 0.2) is 11.5 Å². The first kappa shape index (κ1) is 21.7. The van der Waals surface area contributed by atoms with Gasteiger partial charge in [0.05, 0.1) is 12.7 Å². The summed E-state index contributed by atoms with van der Waals surface area (Å²) in [4.78, 5) is 0. The molecule has 2 aliphatic carbocycles. The fourth-order valence-corrected chi connectivity index (χ4v) is 3.79. The Hall–Kier alpha value is -1.56. The molecule has 27 heavy (non-hydrogen) atoms. The van der Waals surface area contributed by atoms with Gasteiger partial charge in [-0.2, -0.15) is 0 Å². The minimum atomic E-state index is -0.741. The quantitative estimate of drug-likeness (QED) is 0.393. The van der Waals surface area contributed by atoms with E-state index in [4.69, 9.17) is 4.74 Å². The predicted octanol–water partition coefficient (Wildman–Crippen LogP) is 3.00. The second kappa shape index (κ2) is 10.7. The SMILES string of the molecule is CN.COc1ccc(CCC2(O)C=CCCC2CCNCC2CC2)cc1O. The molecule has 0 bridgehead atoms. The molecule has 1 aromatic carbocycles. The second-order valence-electron chi connectivity index (χ2n) is 7.61. The van der Waals surface area contributed by atoms with E-state index in [2.05, 4.69) is 17.1 Å². The van der Waals surface area contributed by atoms with E-state index in [1.54, 1.807) is 19.2 Å². The van der Waals surface area contributed by atoms with Gasteiger partial charge in [-0.15, -0.1) is 0 Å². The lowest BCUT2D eigenvalue weighted by Crippen LogP contribution is -2.40. The molecule has 1 fully saturated rings. The molecular weight excluding hydrogens is 340 g/mol. The van der Waals surface area contributed by atoms with Gasteiger partial charge in [0, 0.05) is 0 Å². The van der Waals surface area contributed by atoms with Crippen LogP contribution in [-0.4, -0.2) is 43.1 Å². The number of allylic oxidation sites excluding steroid dienone is 1. The molecule has 0 radical (unpaired) electrons. The summed E-state index contributed by atoms with van der Waals surface area (Å²) in [7, 11) is 3.05. The van der Waals surface area contributed by atoms with Gasteiger partial charge in [-0.3, -0.25) is 0 Å². The lowest BCUT2D eigenvalue weighted by molar-refractivity contribution is 0.00744. The smallest absolute Gasteiger partial charge is 0.160 e. The largest absolute Gasteiger partial charge is 0.504 e. The van der Waals surface area contributed by atoms with Crippen molar-refractivity contribution >= 4 is 0 Å². The molecule has 152 valence electrons. The van der Waals surface area contributed by atoms with Crippen molar-refractivity contribution in [2.24, 2.45) is 17.6 Å². The Morgan fingerprint density at radius 2 is 2.04 bits per heavy atom. The lowest BCUT2D eigenvalue weighted by Gasteiger charge is -2.37. The molecule has 3 rings (SSSR count). The van der Waals surface area contributed by atoms with E-state index in [-0.39, 0.29) is 5.75 Å². The van der Waals surface area contributed by atoms with Crippen molar-refractivity contribution < 1.29 is 14.9 Å². The van der Waals surface area contributed by atoms with Crippen molar-refractivity contribution in [3.05, 3.63) is 35.9 Å². The molecule has 2 atom stereocenters. The van der Waals surface area contributed by atoms with E-state index >= 15 is 0 Å². The summed E-state index contributed by atoms with van der Waals surface area (Å²) in [5.74, 6) is 1.84. The summed E-state index contributed by atoms with van der Waals surface area (Å²) < 4.78 is 5.09. The van der Waals surface area contributed by atoms with Crippen LogP contribution in [0.15, 0.2) is 30.4 Å². The molecule has 0 spiro atoms. The first-order valence-electron chi connectivity index (χ1n) is 10.1. The number of nitrogens with two attached hydrogens (primary N) is 1. The van der Waals surface area contributed by atoms with E-state index in [0.717, 1.165) is 50.3 Å². The van der Waals surface area contributed by atoms with E-state index in [1.165, 1.54) is 19.9 Å². The molecule has 5 heteroatoms. The highest BCUT2D eigenvalue weighted by Gasteiger charge is 2.35. The van der Waals surface area contributed by atoms with E-state index in [1.807, 2.05) is 12.1 Å². The molecule has 2 aliphatic rings. The number of rotatable bonds is 9. The monoisotopic (exact) mass is 376 g/mol. The average molecular weight is 377 g/mol. The van der Waals surface area contributed by atoms with Crippen LogP contribution in [0.2, 0.25) is 0 Å². The topological polar surface area (TPSA) is 87.7 Å². The van der Waals surface area contributed by atoms with Crippen molar-refractivity contribution in [2.45, 2.75) is 50.5 Å². The number of benzene rings is 1. The summed E-state index contributed by atoms with van der Waals surface area (Å²) in [6.07, 6.45) is 11.4. The lowest BCUT2D eigenvalue weighted by atomic mass is 9.75. The highest BCUT2D eigenvalue weighted by molar-refractivity contribution is 5.41. The molecule has 5 nitrogen and oxygen atoms in total. The van der Waals surface area contributed by atoms with Crippen LogP contribution in [-0.2, 0) is 6.42 Å². The summed E-state index contributed by atoms with van der Waals surface area (Å²) in [5.41, 5.74) is 4.78. The van der Waals surface area contributed by atoms with Crippen LogP contribution in [0, 0.1) is 11.8 Å². The standard InChI is InChI=1S/C21H31NO3.CH5N/c1-25-20-8-7-16(14-19(20)23)9-12-21(24)11-3-2-4-18(21)10-13-22-15-17-5-6-17;1-2/h3,7-8,11,14,17-18,22-24H,2,4-6,9-10,12-13,15H2,1H3;2H2,1H3. The van der Waals surface area contributed by atoms with Crippen LogP contribution in [0.25, 0.3) is 0 Å². The summed E-state index contributed by atoms with van der Waals surface area (Å²) in [6, 6.07) is 5.48. The number of methoxy groups -OCH3 is 1. The molecule has 2 unspecified atom stereocenters. The number of phenols is 1. The number of aromatic hydroxyl groups is 1. The Kier molecular flexibility index (Phi) is 8.61. The van der Waals surface area contributed by atoms with Crippen LogP contribution in [0.3, 0.4) is 0 Å². The van der Waals surface area contributed by atoms with E-state index < -0.39 is 5.60 Å². The van der Waals surface area contributed by atoms with E-state index in [0.29, 0.717) is 18.1 Å². The van der Waals surface area contributed by atoms with Crippen molar-refractivity contribution in [1.82, 2.24) is 5.32 Å². The van der Waals surface area contributed by atoms with Crippen LogP contribution < -0.4 is 15.8 Å². The van der Waals surface area contributed by atoms with Crippen LogP contribution >= 0.6 is 0 Å². The molecule has 0 aliphatic heterocycles. The number of phenolic OH excluding ortho intramolecular Hbond substituents is 1. The predicted molar refractivity (Wildman–Crippen MR) is 110 cm³/mol. The van der Waals surface area contributed by atoms with Gasteiger partial charge < -0.3 is 26.0 Å². The molecule has 0 heterocycles. The minimum Gasteiger partial charge on any atom is -0.504 e. The third kappa shape index (κ3) is 6.52. The highest BCUT2D eigenvalue weighted by Crippen LogP contribution is 2.36. The number of hydrogen-bond donors (Lipinski definition) is 4. The minimum absolute atomic E-state index is 0.159. The number of nitrogens with one attached hydrogen (secondary N) is 1. The van der Waals surface area contributed by atoms with Crippen molar-refractivity contribution in [1.29, 1.82) is 0 Å². The fourth-order valence-electron chi connectivity index (χ4n) is 3.79. The molecule has 1 aromatic rings. The van der Waals surface area contributed by atoms with E-state index in [9.17, 15) is 10.2 Å². The third-order valence-corrected chi connectivity index (χ3v) is 5.65. The molecule has 0 amide bonds. The van der Waals surface area contributed by atoms with Crippen LogP contribution in [0.4, 0.5) is 0 Å². The normalized spacial score (nSPS) is 24.2. The Bertz CT molecular complexity index is 601. The van der Waals surface area contributed by atoms with Gasteiger partial charge in [0.2, 0.25) is 0 Å². The van der Waals surface area contributed by atoms with Gasteiger partial charge in [0.25, 0.3) is 0 Å². The Labute approximate surface area is 163 Å². The maximum Gasteiger partial charge on any atom is 0.160 e. The van der Waals surface area contributed by atoms with Crippen molar-refractivity contribution in [2.75, 3.05) is 27.2 Å². The second-order valence-corrected chi connectivity index (χ2v) is 7.61.